The van der Waals surface area contributed by atoms with Crippen LogP contribution in [0.5, 0.6) is 5.75 Å². The lowest BCUT2D eigenvalue weighted by atomic mass is 10.2. The Labute approximate surface area is 153 Å². The van der Waals surface area contributed by atoms with E-state index in [0.717, 1.165) is 26.2 Å². The molecule has 4 N–H and O–H groups in total. The smallest absolute Gasteiger partial charge is 0.282 e. The standard InChI is InChI=1S/C17H25ClN4O3/c1-12(22-8-6-21(7-9-22)11-16(23)19-2)17(24)20-14-10-13(18)4-5-15(14)25-3/h4-5,10,12H,6-9,11H2,1-3H3,(H,19,23)(H,20,24)/p+2/t12-/m0/s1. The van der Waals surface area contributed by atoms with Crippen molar-refractivity contribution in [3.05, 3.63) is 23.2 Å². The van der Waals surface area contributed by atoms with Crippen molar-refractivity contribution in [2.45, 2.75) is 13.0 Å². The highest BCUT2D eigenvalue weighted by Crippen LogP contribution is 2.27. The molecule has 1 aliphatic rings. The molecule has 0 aromatic heterocycles. The predicted octanol–water partition coefficient (Wildman–Crippen LogP) is -1.79. The van der Waals surface area contributed by atoms with Crippen molar-refractivity contribution in [3.63, 3.8) is 0 Å². The number of piperazine rings is 1. The zero-order valence-electron chi connectivity index (χ0n) is 14.9. The second-order valence-corrected chi connectivity index (χ2v) is 6.75. The Morgan fingerprint density at radius 2 is 1.96 bits per heavy atom. The molecule has 2 amide bonds. The van der Waals surface area contributed by atoms with E-state index in [1.54, 1.807) is 32.4 Å². The zero-order chi connectivity index (χ0) is 18.4. The summed E-state index contributed by atoms with van der Waals surface area (Å²) in [6, 6.07) is 4.95. The predicted molar refractivity (Wildman–Crippen MR) is 96.4 cm³/mol. The van der Waals surface area contributed by atoms with Crippen LogP contribution in [0.4, 0.5) is 5.69 Å². The van der Waals surface area contributed by atoms with E-state index in [-0.39, 0.29) is 17.9 Å². The van der Waals surface area contributed by atoms with E-state index in [0.29, 0.717) is 23.0 Å². The maximum Gasteiger partial charge on any atom is 0.282 e. The van der Waals surface area contributed by atoms with E-state index in [1.807, 2.05) is 6.92 Å². The van der Waals surface area contributed by atoms with Gasteiger partial charge in [-0.3, -0.25) is 9.59 Å². The summed E-state index contributed by atoms with van der Waals surface area (Å²) in [5, 5.41) is 6.11. The fourth-order valence-corrected chi connectivity index (χ4v) is 3.23. The van der Waals surface area contributed by atoms with Gasteiger partial charge in [-0.05, 0) is 25.1 Å². The van der Waals surface area contributed by atoms with E-state index >= 15 is 0 Å². The van der Waals surface area contributed by atoms with Gasteiger partial charge in [0, 0.05) is 12.1 Å². The number of anilines is 1. The molecule has 0 unspecified atom stereocenters. The number of carbonyl (C=O) groups excluding carboxylic acids is 2. The monoisotopic (exact) mass is 370 g/mol. The minimum Gasteiger partial charge on any atom is -0.495 e. The minimum absolute atomic E-state index is 0.0530. The van der Waals surface area contributed by atoms with Gasteiger partial charge in [-0.1, -0.05) is 11.6 Å². The number of likely N-dealkylation sites (N-methyl/N-ethyl adjacent to an activating group) is 1. The highest BCUT2D eigenvalue weighted by molar-refractivity contribution is 6.31. The molecule has 0 bridgehead atoms. The summed E-state index contributed by atoms with van der Waals surface area (Å²) in [5.74, 6) is 0.572. The number of hydrogen-bond acceptors (Lipinski definition) is 3. The lowest BCUT2D eigenvalue weighted by Gasteiger charge is -2.32. The number of benzene rings is 1. The molecule has 25 heavy (non-hydrogen) atoms. The number of hydrogen-bond donors (Lipinski definition) is 4. The molecule has 1 atom stereocenters. The lowest BCUT2D eigenvalue weighted by Crippen LogP contribution is -3.30. The number of ether oxygens (including phenoxy) is 1. The molecule has 0 aliphatic carbocycles. The number of methoxy groups -OCH3 is 1. The van der Waals surface area contributed by atoms with Crippen LogP contribution in [0, 0.1) is 0 Å². The van der Waals surface area contributed by atoms with Crippen LogP contribution in [-0.4, -0.2) is 64.7 Å². The molecule has 1 aromatic rings. The molecule has 0 saturated carbocycles. The van der Waals surface area contributed by atoms with Crippen molar-refractivity contribution in [1.29, 1.82) is 0 Å². The van der Waals surface area contributed by atoms with Crippen LogP contribution in [-0.2, 0) is 9.59 Å². The summed E-state index contributed by atoms with van der Waals surface area (Å²) in [4.78, 5) is 26.5. The quantitative estimate of drug-likeness (QED) is 0.477. The first kappa shape index (κ1) is 19.5. The van der Waals surface area contributed by atoms with Gasteiger partial charge >= 0.3 is 0 Å². The van der Waals surface area contributed by atoms with E-state index in [1.165, 1.54) is 9.80 Å². The minimum atomic E-state index is -0.190. The number of amides is 2. The Morgan fingerprint density at radius 3 is 2.56 bits per heavy atom. The molecule has 0 radical (unpaired) electrons. The third kappa shape index (κ3) is 5.32. The van der Waals surface area contributed by atoms with Crippen LogP contribution in [0.1, 0.15) is 6.92 Å². The molecular weight excluding hydrogens is 344 g/mol. The van der Waals surface area contributed by atoms with E-state index in [9.17, 15) is 9.59 Å². The lowest BCUT2D eigenvalue weighted by molar-refractivity contribution is -1.01. The van der Waals surface area contributed by atoms with Crippen molar-refractivity contribution in [2.75, 3.05) is 52.2 Å². The number of quaternary nitrogens is 2. The van der Waals surface area contributed by atoms with Crippen LogP contribution < -0.4 is 25.2 Å². The first-order valence-electron chi connectivity index (χ1n) is 8.47. The molecule has 1 aromatic carbocycles. The molecule has 1 saturated heterocycles. The molecule has 2 rings (SSSR count). The molecule has 0 spiro atoms. The highest BCUT2D eigenvalue weighted by atomic mass is 35.5. The average molecular weight is 371 g/mol. The van der Waals surface area contributed by atoms with Crippen molar-refractivity contribution < 1.29 is 24.1 Å². The zero-order valence-corrected chi connectivity index (χ0v) is 15.7. The number of halogens is 1. The molecule has 8 heteroatoms. The first-order valence-corrected chi connectivity index (χ1v) is 8.85. The Hall–Kier alpha value is -1.83. The van der Waals surface area contributed by atoms with E-state index < -0.39 is 0 Å². The number of carbonyl (C=O) groups is 2. The Morgan fingerprint density at radius 1 is 1.28 bits per heavy atom. The van der Waals surface area contributed by atoms with Gasteiger partial charge in [0.15, 0.2) is 12.6 Å². The van der Waals surface area contributed by atoms with Gasteiger partial charge in [-0.15, -0.1) is 0 Å². The summed E-state index contributed by atoms with van der Waals surface area (Å²) in [6.07, 6.45) is 0. The summed E-state index contributed by atoms with van der Waals surface area (Å²) >= 11 is 6.01. The molecular formula is C17H27ClN4O3+2. The fraction of sp³-hybridized carbons (Fsp3) is 0.529. The van der Waals surface area contributed by atoms with Gasteiger partial charge in [0.1, 0.15) is 31.9 Å². The maximum absolute atomic E-state index is 12.6. The number of rotatable bonds is 6. The molecule has 7 nitrogen and oxygen atoms in total. The molecule has 1 fully saturated rings. The second-order valence-electron chi connectivity index (χ2n) is 6.31. The van der Waals surface area contributed by atoms with Crippen molar-refractivity contribution in [3.8, 4) is 5.75 Å². The second kappa shape index (κ2) is 9.03. The molecule has 1 aliphatic heterocycles. The van der Waals surface area contributed by atoms with Gasteiger partial charge in [0.25, 0.3) is 11.8 Å². The molecule has 138 valence electrons. The summed E-state index contributed by atoms with van der Waals surface area (Å²) in [5.41, 5.74) is 0.579. The third-order valence-corrected chi connectivity index (χ3v) is 4.95. The maximum atomic E-state index is 12.6. The van der Waals surface area contributed by atoms with Crippen molar-refractivity contribution in [1.82, 2.24) is 5.32 Å². The molecule has 1 heterocycles. The van der Waals surface area contributed by atoms with Crippen LogP contribution in [0.15, 0.2) is 18.2 Å². The van der Waals surface area contributed by atoms with Crippen molar-refractivity contribution >= 4 is 29.1 Å². The summed E-state index contributed by atoms with van der Waals surface area (Å²) < 4.78 is 5.27. The highest BCUT2D eigenvalue weighted by Gasteiger charge is 2.32. The third-order valence-electron chi connectivity index (χ3n) is 4.71. The van der Waals surface area contributed by atoms with Crippen LogP contribution in [0.2, 0.25) is 5.02 Å². The van der Waals surface area contributed by atoms with E-state index in [2.05, 4.69) is 10.6 Å². The normalized spacial score (nSPS) is 21.3. The summed E-state index contributed by atoms with van der Waals surface area (Å²) in [7, 11) is 3.21. The Bertz CT molecular complexity index is 618. The summed E-state index contributed by atoms with van der Waals surface area (Å²) in [6.45, 7) is 5.87. The van der Waals surface area contributed by atoms with Gasteiger partial charge in [0.2, 0.25) is 0 Å². The fourth-order valence-electron chi connectivity index (χ4n) is 3.05. The van der Waals surface area contributed by atoms with E-state index in [4.69, 9.17) is 16.3 Å². The first-order chi connectivity index (χ1) is 11.9. The average Bonchev–Trinajstić information content (AvgIpc) is 2.61. The van der Waals surface area contributed by atoms with Gasteiger partial charge in [-0.25, -0.2) is 0 Å². The van der Waals surface area contributed by atoms with Gasteiger partial charge < -0.3 is 25.2 Å². The topological polar surface area (TPSA) is 76.3 Å². The number of nitrogens with one attached hydrogen (secondary N) is 4. The van der Waals surface area contributed by atoms with Crippen LogP contribution in [0.25, 0.3) is 0 Å². The Balaban J connectivity index is 1.91. The van der Waals surface area contributed by atoms with Crippen LogP contribution >= 0.6 is 11.6 Å². The van der Waals surface area contributed by atoms with Gasteiger partial charge in [0.05, 0.1) is 12.8 Å². The largest absolute Gasteiger partial charge is 0.495 e. The van der Waals surface area contributed by atoms with Gasteiger partial charge in [-0.2, -0.15) is 0 Å². The van der Waals surface area contributed by atoms with Crippen molar-refractivity contribution in [2.24, 2.45) is 0 Å². The SMILES string of the molecule is CNC(=O)C[NH+]1CC[NH+]([C@@H](C)C(=O)Nc2cc(Cl)ccc2OC)CC1. The Kier molecular flexibility index (Phi) is 7.04. The van der Waals surface area contributed by atoms with Crippen LogP contribution in [0.3, 0.4) is 0 Å².